The van der Waals surface area contributed by atoms with E-state index in [9.17, 15) is 9.18 Å². The number of halogens is 1. The Morgan fingerprint density at radius 2 is 2.05 bits per heavy atom. The summed E-state index contributed by atoms with van der Waals surface area (Å²) < 4.78 is 13.7. The van der Waals surface area contributed by atoms with Gasteiger partial charge >= 0.3 is 0 Å². The third-order valence-electron chi connectivity index (χ3n) is 4.46. The van der Waals surface area contributed by atoms with Gasteiger partial charge in [-0.25, -0.2) is 4.39 Å². The second kappa shape index (κ2) is 5.17. The highest BCUT2D eigenvalue weighted by Crippen LogP contribution is 2.35. The number of carbonyl (C=O) groups is 1. The molecule has 2 aliphatic rings. The molecule has 0 bridgehead atoms. The summed E-state index contributed by atoms with van der Waals surface area (Å²) in [6, 6.07) is 6.96. The van der Waals surface area contributed by atoms with Crippen LogP contribution < -0.4 is 5.73 Å². The quantitative estimate of drug-likeness (QED) is 0.898. The van der Waals surface area contributed by atoms with E-state index < -0.39 is 0 Å². The van der Waals surface area contributed by atoms with Gasteiger partial charge in [0.2, 0.25) is 5.91 Å². The number of hydrogen-bond donors (Lipinski definition) is 1. The average molecular weight is 276 g/mol. The fraction of sp³-hybridized carbons (Fsp3) is 0.562. The van der Waals surface area contributed by atoms with Crippen LogP contribution in [-0.4, -0.2) is 22.4 Å². The van der Waals surface area contributed by atoms with Crippen molar-refractivity contribution >= 4 is 5.91 Å². The lowest BCUT2D eigenvalue weighted by molar-refractivity contribution is -0.134. The maximum absolute atomic E-state index is 13.7. The van der Waals surface area contributed by atoms with Crippen molar-refractivity contribution in [2.45, 2.75) is 56.7 Å². The lowest BCUT2D eigenvalue weighted by Crippen LogP contribution is -2.50. The van der Waals surface area contributed by atoms with Gasteiger partial charge in [0.05, 0.1) is 0 Å². The first kappa shape index (κ1) is 13.6. The number of rotatable bonds is 5. The molecule has 20 heavy (non-hydrogen) atoms. The molecule has 2 fully saturated rings. The highest BCUT2D eigenvalue weighted by Gasteiger charge is 2.39. The van der Waals surface area contributed by atoms with Gasteiger partial charge in [-0.15, -0.1) is 0 Å². The molecule has 0 spiro atoms. The van der Waals surface area contributed by atoms with Gasteiger partial charge in [-0.1, -0.05) is 18.2 Å². The van der Waals surface area contributed by atoms with Crippen LogP contribution in [0.3, 0.4) is 0 Å². The third kappa shape index (κ3) is 2.85. The third-order valence-corrected chi connectivity index (χ3v) is 4.46. The first-order valence-electron chi connectivity index (χ1n) is 7.39. The summed E-state index contributed by atoms with van der Waals surface area (Å²) in [5.41, 5.74) is 6.45. The van der Waals surface area contributed by atoms with E-state index in [1.807, 2.05) is 11.0 Å². The number of nitrogens with zero attached hydrogens (tertiary/aromatic N) is 1. The first-order chi connectivity index (χ1) is 9.57. The summed E-state index contributed by atoms with van der Waals surface area (Å²) in [5.74, 6) is -0.157. The predicted octanol–water partition coefficient (Wildman–Crippen LogP) is 2.59. The number of hydrogen-bond acceptors (Lipinski definition) is 2. The fourth-order valence-electron chi connectivity index (χ4n) is 2.83. The second-order valence-electron chi connectivity index (χ2n) is 6.24. The Balaban J connectivity index is 1.69. The SMILES string of the molecule is NC1(CC(=O)N(Cc2ccccc2F)C2CC2)CCC1. The molecule has 3 rings (SSSR count). The number of amides is 1. The van der Waals surface area contributed by atoms with Crippen molar-refractivity contribution in [1.29, 1.82) is 0 Å². The van der Waals surface area contributed by atoms with E-state index in [2.05, 4.69) is 0 Å². The van der Waals surface area contributed by atoms with Crippen LogP contribution in [0, 0.1) is 5.82 Å². The molecule has 0 aromatic heterocycles. The van der Waals surface area contributed by atoms with E-state index in [1.54, 1.807) is 12.1 Å². The van der Waals surface area contributed by atoms with Crippen molar-refractivity contribution < 1.29 is 9.18 Å². The predicted molar refractivity (Wildman–Crippen MR) is 75.4 cm³/mol. The molecule has 0 aliphatic heterocycles. The summed E-state index contributed by atoms with van der Waals surface area (Å²) in [7, 11) is 0. The minimum Gasteiger partial charge on any atom is -0.335 e. The molecule has 0 saturated heterocycles. The minimum atomic E-state index is -0.306. The van der Waals surface area contributed by atoms with Crippen molar-refractivity contribution in [3.8, 4) is 0 Å². The molecule has 3 nitrogen and oxygen atoms in total. The lowest BCUT2D eigenvalue weighted by atomic mass is 9.75. The molecule has 0 heterocycles. The Morgan fingerprint density at radius 3 is 2.60 bits per heavy atom. The Labute approximate surface area is 118 Å². The van der Waals surface area contributed by atoms with Gasteiger partial charge in [-0.3, -0.25) is 4.79 Å². The van der Waals surface area contributed by atoms with Crippen LogP contribution in [0.15, 0.2) is 24.3 Å². The van der Waals surface area contributed by atoms with Crippen LogP contribution in [0.2, 0.25) is 0 Å². The summed E-state index contributed by atoms with van der Waals surface area (Å²) in [6.45, 7) is 0.367. The van der Waals surface area contributed by atoms with Gasteiger partial charge in [0.1, 0.15) is 5.82 Å². The van der Waals surface area contributed by atoms with Crippen molar-refractivity contribution in [3.63, 3.8) is 0 Å². The van der Waals surface area contributed by atoms with E-state index in [0.29, 0.717) is 18.5 Å². The summed E-state index contributed by atoms with van der Waals surface area (Å²) >= 11 is 0. The molecular formula is C16H21FN2O. The van der Waals surface area contributed by atoms with Gasteiger partial charge in [-0.05, 0) is 38.2 Å². The highest BCUT2D eigenvalue weighted by atomic mass is 19.1. The van der Waals surface area contributed by atoms with Gasteiger partial charge in [-0.2, -0.15) is 0 Å². The zero-order valence-corrected chi connectivity index (χ0v) is 11.6. The maximum atomic E-state index is 13.7. The Bertz CT molecular complexity index is 509. The van der Waals surface area contributed by atoms with Crippen LogP contribution in [0.25, 0.3) is 0 Å². The number of carbonyl (C=O) groups excluding carboxylic acids is 1. The maximum Gasteiger partial charge on any atom is 0.224 e. The molecule has 2 aliphatic carbocycles. The molecule has 4 heteroatoms. The van der Waals surface area contributed by atoms with Crippen LogP contribution >= 0.6 is 0 Å². The van der Waals surface area contributed by atoms with Crippen molar-refractivity contribution in [3.05, 3.63) is 35.6 Å². The molecule has 1 aromatic carbocycles. The molecule has 0 atom stereocenters. The van der Waals surface area contributed by atoms with Gasteiger partial charge in [0.15, 0.2) is 0 Å². The van der Waals surface area contributed by atoms with Crippen LogP contribution in [0.4, 0.5) is 4.39 Å². The Kier molecular flexibility index (Phi) is 3.50. The molecule has 0 radical (unpaired) electrons. The largest absolute Gasteiger partial charge is 0.335 e. The second-order valence-corrected chi connectivity index (χ2v) is 6.24. The molecule has 2 saturated carbocycles. The van der Waals surface area contributed by atoms with E-state index in [0.717, 1.165) is 32.1 Å². The number of benzene rings is 1. The van der Waals surface area contributed by atoms with Gasteiger partial charge in [0.25, 0.3) is 0 Å². The van der Waals surface area contributed by atoms with Crippen LogP contribution in [-0.2, 0) is 11.3 Å². The lowest BCUT2D eigenvalue weighted by Gasteiger charge is -2.39. The van der Waals surface area contributed by atoms with E-state index in [4.69, 9.17) is 5.73 Å². The van der Waals surface area contributed by atoms with Crippen molar-refractivity contribution in [1.82, 2.24) is 4.90 Å². The molecule has 1 amide bonds. The highest BCUT2D eigenvalue weighted by molar-refractivity contribution is 5.78. The zero-order chi connectivity index (χ0) is 14.2. The molecule has 1 aromatic rings. The summed E-state index contributed by atoms with van der Waals surface area (Å²) in [4.78, 5) is 14.3. The molecule has 0 unspecified atom stereocenters. The normalized spacial score (nSPS) is 20.3. The fourth-order valence-corrected chi connectivity index (χ4v) is 2.83. The number of nitrogens with two attached hydrogens (primary N) is 1. The van der Waals surface area contributed by atoms with Crippen molar-refractivity contribution in [2.75, 3.05) is 0 Å². The van der Waals surface area contributed by atoms with E-state index in [1.165, 1.54) is 6.07 Å². The monoisotopic (exact) mass is 276 g/mol. The standard InChI is InChI=1S/C16H21FN2O/c17-14-5-2-1-4-12(14)11-19(13-6-7-13)15(20)10-16(18)8-3-9-16/h1-2,4-5,13H,3,6-11,18H2. The average Bonchev–Trinajstić information content (AvgIpc) is 3.20. The van der Waals surface area contributed by atoms with E-state index >= 15 is 0 Å². The van der Waals surface area contributed by atoms with E-state index in [-0.39, 0.29) is 23.3 Å². The van der Waals surface area contributed by atoms with Gasteiger partial charge < -0.3 is 10.6 Å². The molecule has 108 valence electrons. The Hall–Kier alpha value is -1.42. The topological polar surface area (TPSA) is 46.3 Å². The zero-order valence-electron chi connectivity index (χ0n) is 11.6. The smallest absolute Gasteiger partial charge is 0.224 e. The van der Waals surface area contributed by atoms with Crippen molar-refractivity contribution in [2.24, 2.45) is 5.73 Å². The molecular weight excluding hydrogens is 255 g/mol. The molecule has 2 N–H and O–H groups in total. The summed E-state index contributed by atoms with van der Waals surface area (Å²) in [5, 5.41) is 0. The summed E-state index contributed by atoms with van der Waals surface area (Å²) in [6.07, 6.45) is 5.42. The van der Waals surface area contributed by atoms with Gasteiger partial charge in [0, 0.05) is 30.1 Å². The van der Waals surface area contributed by atoms with Crippen LogP contribution in [0.1, 0.15) is 44.1 Å². The Morgan fingerprint density at radius 1 is 1.35 bits per heavy atom. The van der Waals surface area contributed by atoms with Crippen LogP contribution in [0.5, 0.6) is 0 Å². The first-order valence-corrected chi connectivity index (χ1v) is 7.39. The minimum absolute atomic E-state index is 0.0814.